The summed E-state index contributed by atoms with van der Waals surface area (Å²) in [4.78, 5) is 43.6. The molecule has 2 aliphatic heterocycles. The van der Waals surface area contributed by atoms with Crippen LogP contribution in [-0.2, 0) is 4.79 Å². The van der Waals surface area contributed by atoms with E-state index in [1.807, 2.05) is 50.2 Å². The number of nitrogens with one attached hydrogen (secondary N) is 1. The number of hydrogen-bond acceptors (Lipinski definition) is 4. The van der Waals surface area contributed by atoms with Gasteiger partial charge in [0.05, 0.1) is 11.7 Å². The number of anilines is 2. The van der Waals surface area contributed by atoms with Gasteiger partial charge in [0.25, 0.3) is 11.8 Å². The second kappa shape index (κ2) is 7.24. The number of rotatable bonds is 3. The van der Waals surface area contributed by atoms with Crippen molar-refractivity contribution in [2.75, 3.05) is 30.4 Å². The van der Waals surface area contributed by atoms with Crippen molar-refractivity contribution in [2.45, 2.75) is 25.4 Å². The molecule has 2 saturated heterocycles. The number of amides is 4. The topological polar surface area (TPSA) is 73.0 Å². The molecule has 2 atom stereocenters. The Balaban J connectivity index is 1.60. The fourth-order valence-electron chi connectivity index (χ4n) is 3.94. The van der Waals surface area contributed by atoms with E-state index in [0.717, 1.165) is 16.2 Å². The van der Waals surface area contributed by atoms with Crippen molar-refractivity contribution in [1.29, 1.82) is 0 Å². The lowest BCUT2D eigenvalue weighted by molar-refractivity contribution is -0.122. The lowest BCUT2D eigenvalue weighted by Crippen LogP contribution is -2.65. The Morgan fingerprint density at radius 1 is 1.03 bits per heavy atom. The third-order valence-electron chi connectivity index (χ3n) is 5.57. The number of hydrogen-bond donors (Lipinski definition) is 1. The molecular formula is C22H24N4O3. The molecule has 150 valence electrons. The van der Waals surface area contributed by atoms with Crippen LogP contribution in [0, 0.1) is 6.92 Å². The molecule has 0 saturated carbocycles. The molecular weight excluding hydrogens is 368 g/mol. The Morgan fingerprint density at radius 2 is 1.69 bits per heavy atom. The predicted molar refractivity (Wildman–Crippen MR) is 111 cm³/mol. The van der Waals surface area contributed by atoms with E-state index in [2.05, 4.69) is 5.32 Å². The number of aryl methyl sites for hydroxylation is 1. The maximum atomic E-state index is 13.3. The highest BCUT2D eigenvalue weighted by Gasteiger charge is 2.49. The number of carbonyl (C=O) groups excluding carboxylic acids is 3. The minimum Gasteiger partial charge on any atom is -0.378 e. The first-order valence-corrected chi connectivity index (χ1v) is 9.66. The Hall–Kier alpha value is -3.35. The largest absolute Gasteiger partial charge is 0.378 e. The van der Waals surface area contributed by atoms with Crippen LogP contribution in [0.3, 0.4) is 0 Å². The maximum Gasteiger partial charge on any atom is 0.329 e. The SMILES string of the molecule is Cc1ccc(N2C(=O)N[C@@H]3CCN(C(=O)c4ccc(N(C)C)cc4)[C@H]3C2=O)cc1. The molecule has 2 aromatic carbocycles. The Labute approximate surface area is 169 Å². The highest BCUT2D eigenvalue weighted by atomic mass is 16.2. The van der Waals surface area contributed by atoms with E-state index in [1.54, 1.807) is 29.2 Å². The number of imide groups is 1. The molecule has 0 aliphatic carbocycles. The zero-order chi connectivity index (χ0) is 20.7. The number of nitrogens with zero attached hydrogens (tertiary/aromatic N) is 3. The number of likely N-dealkylation sites (tertiary alicyclic amines) is 1. The number of carbonyl (C=O) groups is 3. The van der Waals surface area contributed by atoms with Gasteiger partial charge in [0.15, 0.2) is 0 Å². The Kier molecular flexibility index (Phi) is 4.74. The van der Waals surface area contributed by atoms with Gasteiger partial charge in [-0.05, 0) is 49.7 Å². The van der Waals surface area contributed by atoms with Gasteiger partial charge in [-0.1, -0.05) is 17.7 Å². The van der Waals surface area contributed by atoms with Gasteiger partial charge in [-0.25, -0.2) is 9.69 Å². The smallest absolute Gasteiger partial charge is 0.329 e. The molecule has 0 bridgehead atoms. The molecule has 1 N–H and O–H groups in total. The monoisotopic (exact) mass is 392 g/mol. The van der Waals surface area contributed by atoms with Gasteiger partial charge in [0.1, 0.15) is 6.04 Å². The van der Waals surface area contributed by atoms with E-state index >= 15 is 0 Å². The van der Waals surface area contributed by atoms with E-state index in [0.29, 0.717) is 24.2 Å². The third kappa shape index (κ3) is 3.33. The summed E-state index contributed by atoms with van der Waals surface area (Å²) >= 11 is 0. The zero-order valence-electron chi connectivity index (χ0n) is 16.8. The average molecular weight is 392 g/mol. The summed E-state index contributed by atoms with van der Waals surface area (Å²) in [6.07, 6.45) is 0.561. The van der Waals surface area contributed by atoms with Crippen molar-refractivity contribution in [3.05, 3.63) is 59.7 Å². The van der Waals surface area contributed by atoms with Crippen molar-refractivity contribution in [3.8, 4) is 0 Å². The standard InChI is InChI=1S/C22H24N4O3/c1-14-4-8-17(9-5-14)26-21(28)19-18(23-22(26)29)12-13-25(19)20(27)15-6-10-16(11-7-15)24(2)3/h4-11,18-19H,12-13H2,1-3H3,(H,23,29)/t18-,19-/m1/s1. The lowest BCUT2D eigenvalue weighted by Gasteiger charge is -2.37. The first-order valence-electron chi connectivity index (χ1n) is 9.66. The molecule has 2 fully saturated rings. The fourth-order valence-corrected chi connectivity index (χ4v) is 3.94. The summed E-state index contributed by atoms with van der Waals surface area (Å²) in [7, 11) is 3.87. The third-order valence-corrected chi connectivity index (χ3v) is 5.57. The molecule has 4 rings (SSSR count). The minimum atomic E-state index is -0.699. The van der Waals surface area contributed by atoms with Gasteiger partial charge in [-0.2, -0.15) is 0 Å². The fraction of sp³-hybridized carbons (Fsp3) is 0.318. The first kappa shape index (κ1) is 19.0. The van der Waals surface area contributed by atoms with Crippen LogP contribution in [0.1, 0.15) is 22.3 Å². The molecule has 2 aromatic rings. The van der Waals surface area contributed by atoms with Crippen molar-refractivity contribution < 1.29 is 14.4 Å². The lowest BCUT2D eigenvalue weighted by atomic mass is 10.0. The van der Waals surface area contributed by atoms with Gasteiger partial charge in [-0.15, -0.1) is 0 Å². The van der Waals surface area contributed by atoms with Crippen LogP contribution >= 0.6 is 0 Å². The summed E-state index contributed by atoms with van der Waals surface area (Å²) in [5.41, 5.74) is 3.07. The molecule has 0 unspecified atom stereocenters. The zero-order valence-corrected chi connectivity index (χ0v) is 16.8. The van der Waals surface area contributed by atoms with Gasteiger partial charge in [-0.3, -0.25) is 9.59 Å². The summed E-state index contributed by atoms with van der Waals surface area (Å²) < 4.78 is 0. The second-order valence-corrected chi connectivity index (χ2v) is 7.74. The summed E-state index contributed by atoms with van der Waals surface area (Å²) in [5.74, 6) is -0.561. The van der Waals surface area contributed by atoms with Crippen LogP contribution < -0.4 is 15.1 Å². The normalized spacial score (nSPS) is 21.1. The Morgan fingerprint density at radius 3 is 2.31 bits per heavy atom. The van der Waals surface area contributed by atoms with Gasteiger partial charge in [0, 0.05) is 31.9 Å². The molecule has 2 heterocycles. The number of benzene rings is 2. The molecule has 0 radical (unpaired) electrons. The molecule has 29 heavy (non-hydrogen) atoms. The minimum absolute atomic E-state index is 0.198. The summed E-state index contributed by atoms with van der Waals surface area (Å²) in [6.45, 7) is 2.37. The highest BCUT2D eigenvalue weighted by molar-refractivity contribution is 6.19. The van der Waals surface area contributed by atoms with E-state index < -0.39 is 12.1 Å². The summed E-state index contributed by atoms with van der Waals surface area (Å²) in [6, 6.07) is 13.0. The molecule has 7 nitrogen and oxygen atoms in total. The van der Waals surface area contributed by atoms with Crippen LogP contribution in [0.4, 0.5) is 16.2 Å². The van der Waals surface area contributed by atoms with Crippen LogP contribution in [0.25, 0.3) is 0 Å². The van der Waals surface area contributed by atoms with E-state index in [-0.39, 0.29) is 17.9 Å². The molecule has 2 aliphatic rings. The van der Waals surface area contributed by atoms with Crippen molar-refractivity contribution in [2.24, 2.45) is 0 Å². The predicted octanol–water partition coefficient (Wildman–Crippen LogP) is 2.40. The number of urea groups is 1. The van der Waals surface area contributed by atoms with E-state index in [1.165, 1.54) is 0 Å². The summed E-state index contributed by atoms with van der Waals surface area (Å²) in [5, 5.41) is 2.90. The van der Waals surface area contributed by atoms with E-state index in [9.17, 15) is 14.4 Å². The van der Waals surface area contributed by atoms with Crippen LogP contribution in [0.2, 0.25) is 0 Å². The van der Waals surface area contributed by atoms with Crippen molar-refractivity contribution in [3.63, 3.8) is 0 Å². The van der Waals surface area contributed by atoms with Gasteiger partial charge >= 0.3 is 6.03 Å². The molecule has 7 heteroatoms. The van der Waals surface area contributed by atoms with Crippen LogP contribution in [-0.4, -0.2) is 55.5 Å². The Bertz CT molecular complexity index is 953. The van der Waals surface area contributed by atoms with Gasteiger partial charge < -0.3 is 15.1 Å². The maximum absolute atomic E-state index is 13.3. The van der Waals surface area contributed by atoms with E-state index in [4.69, 9.17) is 0 Å². The van der Waals surface area contributed by atoms with Gasteiger partial charge in [0.2, 0.25) is 0 Å². The quantitative estimate of drug-likeness (QED) is 0.871. The first-order chi connectivity index (χ1) is 13.9. The van der Waals surface area contributed by atoms with Crippen molar-refractivity contribution >= 4 is 29.2 Å². The second-order valence-electron chi connectivity index (χ2n) is 7.74. The van der Waals surface area contributed by atoms with Crippen LogP contribution in [0.15, 0.2) is 48.5 Å². The molecule has 0 aromatic heterocycles. The van der Waals surface area contributed by atoms with Crippen LogP contribution in [0.5, 0.6) is 0 Å². The average Bonchev–Trinajstić information content (AvgIpc) is 3.13. The highest BCUT2D eigenvalue weighted by Crippen LogP contribution is 2.29. The molecule has 4 amide bonds. The number of fused-ring (bicyclic) bond motifs is 1. The van der Waals surface area contributed by atoms with Crippen molar-refractivity contribution in [1.82, 2.24) is 10.2 Å². The molecule has 0 spiro atoms.